The number of nitrogens with zero attached hydrogens (tertiary/aromatic N) is 1. The molecule has 1 aliphatic heterocycles. The van der Waals surface area contributed by atoms with Gasteiger partial charge in [0.05, 0.1) is 0 Å². The fourth-order valence-electron chi connectivity index (χ4n) is 2.91. The van der Waals surface area contributed by atoms with Gasteiger partial charge in [-0.15, -0.1) is 0 Å². The molecule has 2 aromatic carbocycles. The molecule has 0 aromatic heterocycles. The van der Waals surface area contributed by atoms with E-state index in [9.17, 15) is 0 Å². The van der Waals surface area contributed by atoms with Crippen molar-refractivity contribution in [2.75, 3.05) is 0 Å². The number of fused-ring (bicyclic) bond motifs is 2. The summed E-state index contributed by atoms with van der Waals surface area (Å²) in [6, 6.07) is 17.4. The number of rotatable bonds is 1. The molecule has 87 valence electrons. The van der Waals surface area contributed by atoms with E-state index in [1.807, 2.05) is 0 Å². The van der Waals surface area contributed by atoms with Crippen LogP contribution in [0.15, 0.2) is 54.6 Å². The Morgan fingerprint density at radius 3 is 2.22 bits per heavy atom. The zero-order valence-corrected chi connectivity index (χ0v) is 10.1. The lowest BCUT2D eigenvalue weighted by molar-refractivity contribution is 0.423. The molecule has 1 heterocycles. The Morgan fingerprint density at radius 2 is 1.44 bits per heavy atom. The highest BCUT2D eigenvalue weighted by atomic mass is 15.2. The largest absolute Gasteiger partial charge is 0.363 e. The lowest BCUT2D eigenvalue weighted by Crippen LogP contribution is -2.13. The molecule has 0 saturated carbocycles. The molecule has 0 bridgehead atoms. The topological polar surface area (TPSA) is 3.24 Å². The quantitative estimate of drug-likeness (QED) is 0.726. The molecule has 0 N–H and O–H groups in total. The first-order valence-electron chi connectivity index (χ1n) is 6.38. The van der Waals surface area contributed by atoms with E-state index in [1.54, 1.807) is 0 Å². The van der Waals surface area contributed by atoms with E-state index in [0.29, 0.717) is 0 Å². The van der Waals surface area contributed by atoms with Gasteiger partial charge in [-0.1, -0.05) is 54.6 Å². The van der Waals surface area contributed by atoms with Crippen LogP contribution in [0.4, 0.5) is 0 Å². The van der Waals surface area contributed by atoms with Gasteiger partial charge in [-0.05, 0) is 16.7 Å². The van der Waals surface area contributed by atoms with Crippen LogP contribution in [0.1, 0.15) is 22.3 Å². The molecule has 2 aromatic rings. The fraction of sp³-hybridized carbons (Fsp3) is 0.118. The van der Waals surface area contributed by atoms with Gasteiger partial charge in [-0.25, -0.2) is 0 Å². The zero-order valence-electron chi connectivity index (χ0n) is 10.1. The van der Waals surface area contributed by atoms with E-state index in [4.69, 9.17) is 0 Å². The number of benzene rings is 2. The highest BCUT2D eigenvalue weighted by molar-refractivity contribution is 5.75. The van der Waals surface area contributed by atoms with Crippen LogP contribution in [0.2, 0.25) is 0 Å². The van der Waals surface area contributed by atoms with Crippen LogP contribution in [0.3, 0.4) is 0 Å². The fourth-order valence-corrected chi connectivity index (χ4v) is 2.91. The second-order valence-corrected chi connectivity index (χ2v) is 4.93. The Balaban J connectivity index is 1.69. The molecule has 0 saturated heterocycles. The maximum Gasteiger partial charge on any atom is 0.0436 e. The zero-order chi connectivity index (χ0) is 11.9. The molecule has 2 aliphatic rings. The third kappa shape index (κ3) is 1.40. The Labute approximate surface area is 107 Å². The van der Waals surface area contributed by atoms with Crippen molar-refractivity contribution in [1.29, 1.82) is 0 Å². The van der Waals surface area contributed by atoms with Crippen molar-refractivity contribution in [1.82, 2.24) is 4.90 Å². The molecule has 1 heteroatoms. The van der Waals surface area contributed by atoms with Gasteiger partial charge in [0.25, 0.3) is 0 Å². The minimum atomic E-state index is 1.03. The minimum Gasteiger partial charge on any atom is -0.363 e. The first kappa shape index (κ1) is 9.95. The van der Waals surface area contributed by atoms with Gasteiger partial charge in [0.1, 0.15) is 0 Å². The Hall–Kier alpha value is -2.02. The number of hydrogen-bond acceptors (Lipinski definition) is 1. The summed E-state index contributed by atoms with van der Waals surface area (Å²) < 4.78 is 0. The van der Waals surface area contributed by atoms with Gasteiger partial charge in [-0.3, -0.25) is 0 Å². The van der Waals surface area contributed by atoms with Gasteiger partial charge < -0.3 is 4.90 Å². The summed E-state index contributed by atoms with van der Waals surface area (Å²) in [4.78, 5) is 2.47. The monoisotopic (exact) mass is 232 g/mol. The van der Waals surface area contributed by atoms with Crippen molar-refractivity contribution < 1.29 is 0 Å². The van der Waals surface area contributed by atoms with Crippen LogP contribution in [-0.2, 0) is 13.1 Å². The predicted molar refractivity (Wildman–Crippen MR) is 73.5 cm³/mol. The molecule has 0 spiro atoms. The second kappa shape index (κ2) is 3.74. The summed E-state index contributed by atoms with van der Waals surface area (Å²) in [7, 11) is 0. The van der Waals surface area contributed by atoms with Crippen molar-refractivity contribution in [2.24, 2.45) is 0 Å². The third-order valence-electron chi connectivity index (χ3n) is 3.84. The van der Waals surface area contributed by atoms with Crippen molar-refractivity contribution in [2.45, 2.75) is 13.1 Å². The van der Waals surface area contributed by atoms with Crippen molar-refractivity contribution in [3.05, 3.63) is 83.3 Å². The smallest absolute Gasteiger partial charge is 0.0436 e. The standard InChI is InChI=1S/C17H14N/c1-2-7-15-12-18(11-14(15)6-1)17-10-9-13-5-3-4-8-16(13)17/h1-10H,11-12H2. The Kier molecular flexibility index (Phi) is 2.07. The van der Waals surface area contributed by atoms with E-state index in [2.05, 4.69) is 65.9 Å². The lowest BCUT2D eigenvalue weighted by Gasteiger charge is -2.20. The van der Waals surface area contributed by atoms with E-state index >= 15 is 0 Å². The molecular weight excluding hydrogens is 218 g/mol. The highest BCUT2D eigenvalue weighted by Crippen LogP contribution is 2.36. The average molecular weight is 232 g/mol. The molecular formula is C17H14N. The van der Waals surface area contributed by atoms with Gasteiger partial charge in [-0.2, -0.15) is 0 Å². The van der Waals surface area contributed by atoms with Crippen LogP contribution in [0.5, 0.6) is 0 Å². The molecule has 0 unspecified atom stereocenters. The second-order valence-electron chi connectivity index (χ2n) is 4.93. The van der Waals surface area contributed by atoms with Crippen molar-refractivity contribution >= 4 is 5.70 Å². The summed E-state index contributed by atoms with van der Waals surface area (Å²) in [5.74, 6) is 0. The lowest BCUT2D eigenvalue weighted by atomic mass is 10.1. The summed E-state index contributed by atoms with van der Waals surface area (Å²) in [6.45, 7) is 2.06. The van der Waals surface area contributed by atoms with Crippen LogP contribution in [-0.4, -0.2) is 4.90 Å². The Bertz CT molecular complexity index is 615. The van der Waals surface area contributed by atoms with Crippen molar-refractivity contribution in [3.63, 3.8) is 0 Å². The summed E-state index contributed by atoms with van der Waals surface area (Å²) >= 11 is 0. The predicted octanol–water partition coefficient (Wildman–Crippen LogP) is 3.61. The first-order chi connectivity index (χ1) is 8.92. The van der Waals surface area contributed by atoms with Gasteiger partial charge in [0.15, 0.2) is 0 Å². The highest BCUT2D eigenvalue weighted by Gasteiger charge is 2.24. The van der Waals surface area contributed by atoms with Gasteiger partial charge in [0.2, 0.25) is 0 Å². The summed E-state index contributed by atoms with van der Waals surface area (Å²) in [5, 5.41) is 0. The summed E-state index contributed by atoms with van der Waals surface area (Å²) in [5.41, 5.74) is 6.99. The van der Waals surface area contributed by atoms with Gasteiger partial charge >= 0.3 is 0 Å². The van der Waals surface area contributed by atoms with Crippen LogP contribution < -0.4 is 0 Å². The molecule has 0 fully saturated rings. The number of hydrogen-bond donors (Lipinski definition) is 0. The van der Waals surface area contributed by atoms with E-state index in [1.165, 1.54) is 28.0 Å². The molecule has 0 atom stereocenters. The van der Waals surface area contributed by atoms with Gasteiger partial charge in [0, 0.05) is 30.8 Å². The van der Waals surface area contributed by atoms with E-state index < -0.39 is 0 Å². The minimum absolute atomic E-state index is 1.03. The number of allylic oxidation sites excluding steroid dienone is 1. The SMILES string of the molecule is [CH]1C=C(N2Cc3ccccc3C2)c2ccccc21. The maximum absolute atomic E-state index is 2.47. The molecule has 1 nitrogen and oxygen atoms in total. The van der Waals surface area contributed by atoms with Crippen LogP contribution >= 0.6 is 0 Å². The molecule has 0 amide bonds. The normalized spacial score (nSPS) is 16.4. The maximum atomic E-state index is 2.47. The molecule has 1 radical (unpaired) electrons. The molecule has 1 aliphatic carbocycles. The first-order valence-corrected chi connectivity index (χ1v) is 6.38. The molecule has 4 rings (SSSR count). The average Bonchev–Trinajstić information content (AvgIpc) is 3.02. The van der Waals surface area contributed by atoms with Crippen molar-refractivity contribution in [3.8, 4) is 0 Å². The van der Waals surface area contributed by atoms with E-state index in [0.717, 1.165) is 13.1 Å². The Morgan fingerprint density at radius 1 is 0.778 bits per heavy atom. The molecule has 18 heavy (non-hydrogen) atoms. The van der Waals surface area contributed by atoms with E-state index in [-0.39, 0.29) is 0 Å². The van der Waals surface area contributed by atoms with Crippen LogP contribution in [0.25, 0.3) is 5.70 Å². The van der Waals surface area contributed by atoms with Crippen LogP contribution in [0, 0.1) is 6.42 Å². The third-order valence-corrected chi connectivity index (χ3v) is 3.84. The summed E-state index contributed by atoms with van der Waals surface area (Å²) in [6.07, 6.45) is 4.46.